The first kappa shape index (κ1) is 11.8. The van der Waals surface area contributed by atoms with Gasteiger partial charge in [-0.15, -0.1) is 0 Å². The van der Waals surface area contributed by atoms with Crippen molar-refractivity contribution in [1.82, 2.24) is 9.78 Å². The Morgan fingerprint density at radius 1 is 1.29 bits per heavy atom. The number of rotatable bonds is 4. The number of halogens is 1. The van der Waals surface area contributed by atoms with Gasteiger partial charge in [0.15, 0.2) is 0 Å². The van der Waals surface area contributed by atoms with Gasteiger partial charge in [0, 0.05) is 18.8 Å². The standard InChI is InChI=1S/C13H16FN3/c1-17-9-12(13(16-17)3-2-8-15)10-4-6-11(14)7-5-10/h4-7,9H,2-3,8,15H2,1H3. The van der Waals surface area contributed by atoms with Gasteiger partial charge in [0.25, 0.3) is 0 Å². The lowest BCUT2D eigenvalue weighted by atomic mass is 10.0. The lowest BCUT2D eigenvalue weighted by Gasteiger charge is -2.01. The Balaban J connectivity index is 2.33. The predicted molar refractivity (Wildman–Crippen MR) is 66.0 cm³/mol. The topological polar surface area (TPSA) is 43.8 Å². The van der Waals surface area contributed by atoms with E-state index in [1.165, 1.54) is 12.1 Å². The van der Waals surface area contributed by atoms with Crippen LogP contribution in [0.15, 0.2) is 30.5 Å². The highest BCUT2D eigenvalue weighted by Crippen LogP contribution is 2.23. The Morgan fingerprint density at radius 2 is 2.00 bits per heavy atom. The lowest BCUT2D eigenvalue weighted by Crippen LogP contribution is -2.01. The van der Waals surface area contributed by atoms with Crippen molar-refractivity contribution >= 4 is 0 Å². The summed E-state index contributed by atoms with van der Waals surface area (Å²) < 4.78 is 14.7. The first-order chi connectivity index (χ1) is 8.20. The molecule has 90 valence electrons. The van der Waals surface area contributed by atoms with Crippen LogP contribution in [0.3, 0.4) is 0 Å². The van der Waals surface area contributed by atoms with Crippen LogP contribution in [0.1, 0.15) is 12.1 Å². The molecule has 2 N–H and O–H groups in total. The van der Waals surface area contributed by atoms with Gasteiger partial charge in [-0.25, -0.2) is 4.39 Å². The Morgan fingerprint density at radius 3 is 2.65 bits per heavy atom. The van der Waals surface area contributed by atoms with Gasteiger partial charge >= 0.3 is 0 Å². The van der Waals surface area contributed by atoms with Gasteiger partial charge in [0.1, 0.15) is 5.82 Å². The summed E-state index contributed by atoms with van der Waals surface area (Å²) in [6.45, 7) is 0.652. The zero-order valence-corrected chi connectivity index (χ0v) is 9.86. The fourth-order valence-electron chi connectivity index (χ4n) is 1.86. The maximum absolute atomic E-state index is 12.9. The highest BCUT2D eigenvalue weighted by Gasteiger charge is 2.09. The molecule has 0 fully saturated rings. The van der Waals surface area contributed by atoms with Gasteiger partial charge in [-0.05, 0) is 37.1 Å². The molecule has 0 saturated heterocycles. The molecule has 0 saturated carbocycles. The van der Waals surface area contributed by atoms with Crippen LogP contribution in [0.5, 0.6) is 0 Å². The van der Waals surface area contributed by atoms with E-state index in [1.807, 2.05) is 13.2 Å². The number of hydrogen-bond donors (Lipinski definition) is 1. The average Bonchev–Trinajstić information content (AvgIpc) is 2.69. The molecular formula is C13H16FN3. The second-order valence-electron chi connectivity index (χ2n) is 4.06. The molecule has 17 heavy (non-hydrogen) atoms. The molecule has 2 aromatic rings. The average molecular weight is 233 g/mol. The number of nitrogens with two attached hydrogens (primary N) is 1. The smallest absolute Gasteiger partial charge is 0.123 e. The maximum atomic E-state index is 12.9. The minimum Gasteiger partial charge on any atom is -0.330 e. The summed E-state index contributed by atoms with van der Waals surface area (Å²) >= 11 is 0. The summed E-state index contributed by atoms with van der Waals surface area (Å²) in [5.74, 6) is -0.221. The van der Waals surface area contributed by atoms with E-state index in [4.69, 9.17) is 5.73 Å². The normalized spacial score (nSPS) is 10.8. The summed E-state index contributed by atoms with van der Waals surface area (Å²) in [6.07, 6.45) is 3.72. The van der Waals surface area contributed by atoms with Gasteiger partial charge in [0.05, 0.1) is 5.69 Å². The highest BCUT2D eigenvalue weighted by molar-refractivity contribution is 5.65. The van der Waals surface area contributed by atoms with Gasteiger partial charge < -0.3 is 5.73 Å². The van der Waals surface area contributed by atoms with Crippen molar-refractivity contribution in [1.29, 1.82) is 0 Å². The zero-order valence-electron chi connectivity index (χ0n) is 9.86. The Hall–Kier alpha value is -1.68. The van der Waals surface area contributed by atoms with E-state index in [1.54, 1.807) is 16.8 Å². The van der Waals surface area contributed by atoms with Crippen molar-refractivity contribution in [2.75, 3.05) is 6.54 Å². The molecule has 0 aliphatic heterocycles. The molecule has 0 radical (unpaired) electrons. The Labute approximate surface area is 100 Å². The molecular weight excluding hydrogens is 217 g/mol. The largest absolute Gasteiger partial charge is 0.330 e. The minimum atomic E-state index is -0.221. The highest BCUT2D eigenvalue weighted by atomic mass is 19.1. The predicted octanol–water partition coefficient (Wildman–Crippen LogP) is 2.12. The van der Waals surface area contributed by atoms with Gasteiger partial charge in [0.2, 0.25) is 0 Å². The summed E-state index contributed by atoms with van der Waals surface area (Å²) in [7, 11) is 1.89. The summed E-state index contributed by atoms with van der Waals surface area (Å²) in [4.78, 5) is 0. The molecule has 1 heterocycles. The molecule has 1 aromatic heterocycles. The zero-order chi connectivity index (χ0) is 12.3. The first-order valence-electron chi connectivity index (χ1n) is 5.69. The van der Waals surface area contributed by atoms with Crippen LogP contribution >= 0.6 is 0 Å². The second-order valence-corrected chi connectivity index (χ2v) is 4.06. The van der Waals surface area contributed by atoms with Crippen LogP contribution in [-0.2, 0) is 13.5 Å². The number of aryl methyl sites for hydroxylation is 2. The van der Waals surface area contributed by atoms with Gasteiger partial charge in [-0.2, -0.15) is 5.10 Å². The molecule has 3 nitrogen and oxygen atoms in total. The third kappa shape index (κ3) is 2.71. The molecule has 0 aliphatic carbocycles. The van der Waals surface area contributed by atoms with E-state index >= 15 is 0 Å². The molecule has 1 aromatic carbocycles. The number of nitrogens with zero attached hydrogens (tertiary/aromatic N) is 2. The van der Waals surface area contributed by atoms with Crippen LogP contribution in [0.4, 0.5) is 4.39 Å². The Kier molecular flexibility index (Phi) is 3.54. The van der Waals surface area contributed by atoms with Gasteiger partial charge in [-0.3, -0.25) is 4.68 Å². The molecule has 0 unspecified atom stereocenters. The van der Waals surface area contributed by atoms with Crippen molar-refractivity contribution in [2.24, 2.45) is 12.8 Å². The molecule has 0 bridgehead atoms. The molecule has 2 rings (SSSR count). The third-order valence-corrected chi connectivity index (χ3v) is 2.68. The van der Waals surface area contributed by atoms with E-state index in [2.05, 4.69) is 5.10 Å². The lowest BCUT2D eigenvalue weighted by molar-refractivity contribution is 0.628. The third-order valence-electron chi connectivity index (χ3n) is 2.68. The van der Waals surface area contributed by atoms with E-state index in [0.717, 1.165) is 29.7 Å². The summed E-state index contributed by atoms with van der Waals surface area (Å²) in [5, 5.41) is 4.41. The minimum absolute atomic E-state index is 0.221. The molecule has 0 atom stereocenters. The summed E-state index contributed by atoms with van der Waals surface area (Å²) in [6, 6.07) is 6.49. The quantitative estimate of drug-likeness (QED) is 0.879. The number of hydrogen-bond acceptors (Lipinski definition) is 2. The van der Waals surface area contributed by atoms with Crippen molar-refractivity contribution < 1.29 is 4.39 Å². The van der Waals surface area contributed by atoms with Crippen molar-refractivity contribution in [2.45, 2.75) is 12.8 Å². The number of benzene rings is 1. The van der Waals surface area contributed by atoms with E-state index in [0.29, 0.717) is 6.54 Å². The van der Waals surface area contributed by atoms with E-state index in [-0.39, 0.29) is 5.82 Å². The SMILES string of the molecule is Cn1cc(-c2ccc(F)cc2)c(CCCN)n1. The molecule has 0 amide bonds. The fourth-order valence-corrected chi connectivity index (χ4v) is 1.86. The van der Waals surface area contributed by atoms with E-state index in [9.17, 15) is 4.39 Å². The Bertz CT molecular complexity index is 488. The van der Waals surface area contributed by atoms with Crippen molar-refractivity contribution in [3.63, 3.8) is 0 Å². The molecule has 0 spiro atoms. The van der Waals surface area contributed by atoms with Crippen LogP contribution < -0.4 is 5.73 Å². The molecule has 4 heteroatoms. The fraction of sp³-hybridized carbons (Fsp3) is 0.308. The van der Waals surface area contributed by atoms with Crippen molar-refractivity contribution in [3.05, 3.63) is 42.0 Å². The maximum Gasteiger partial charge on any atom is 0.123 e. The van der Waals surface area contributed by atoms with Crippen LogP contribution in [0.2, 0.25) is 0 Å². The van der Waals surface area contributed by atoms with Gasteiger partial charge in [-0.1, -0.05) is 12.1 Å². The monoisotopic (exact) mass is 233 g/mol. The number of aromatic nitrogens is 2. The second kappa shape index (κ2) is 5.10. The molecule has 0 aliphatic rings. The summed E-state index contributed by atoms with van der Waals surface area (Å²) in [5.41, 5.74) is 8.57. The van der Waals surface area contributed by atoms with Crippen LogP contribution in [0, 0.1) is 5.82 Å². The first-order valence-corrected chi connectivity index (χ1v) is 5.69. The van der Waals surface area contributed by atoms with E-state index < -0.39 is 0 Å². The van der Waals surface area contributed by atoms with Crippen LogP contribution in [0.25, 0.3) is 11.1 Å². The van der Waals surface area contributed by atoms with Crippen molar-refractivity contribution in [3.8, 4) is 11.1 Å². The van der Waals surface area contributed by atoms with Crippen LogP contribution in [-0.4, -0.2) is 16.3 Å².